The number of nitrogens with one attached hydrogen (secondary N) is 2. The van der Waals surface area contributed by atoms with E-state index in [0.29, 0.717) is 11.6 Å². The first-order chi connectivity index (χ1) is 14.4. The molecule has 1 fully saturated rings. The highest BCUT2D eigenvalue weighted by Gasteiger charge is 2.35. The third kappa shape index (κ3) is 4.56. The maximum absolute atomic E-state index is 13.5. The van der Waals surface area contributed by atoms with Crippen LogP contribution in [0.4, 0.5) is 36.3 Å². The van der Waals surface area contributed by atoms with Gasteiger partial charge in [0.15, 0.2) is 0 Å². The lowest BCUT2D eigenvalue weighted by Crippen LogP contribution is -2.12. The molecule has 0 atom stereocenters. The highest BCUT2D eigenvalue weighted by molar-refractivity contribution is 5.64. The van der Waals surface area contributed by atoms with E-state index >= 15 is 0 Å². The van der Waals surface area contributed by atoms with E-state index in [0.717, 1.165) is 17.4 Å². The summed E-state index contributed by atoms with van der Waals surface area (Å²) in [5.41, 5.74) is 2.57. The number of anilines is 4. The van der Waals surface area contributed by atoms with Gasteiger partial charge in [-0.25, -0.2) is 4.98 Å². The molecule has 1 aliphatic rings. The number of para-hydroxylation sites is 1. The molecule has 2 aromatic carbocycles. The van der Waals surface area contributed by atoms with Gasteiger partial charge in [0.05, 0.1) is 0 Å². The van der Waals surface area contributed by atoms with Gasteiger partial charge in [0.25, 0.3) is 0 Å². The van der Waals surface area contributed by atoms with Crippen molar-refractivity contribution in [2.24, 2.45) is 0 Å². The minimum Gasteiger partial charge on any atom is -0.340 e. The summed E-state index contributed by atoms with van der Waals surface area (Å²) in [6.07, 6.45) is 1.06. The molecule has 0 bridgehead atoms. The van der Waals surface area contributed by atoms with Crippen LogP contribution >= 0.6 is 0 Å². The Morgan fingerprint density at radius 3 is 2.30 bits per heavy atom. The number of aromatic nitrogens is 2. The summed E-state index contributed by atoms with van der Waals surface area (Å²) < 4.78 is 40.5. The van der Waals surface area contributed by atoms with Crippen LogP contribution in [0.1, 0.15) is 48.3 Å². The normalized spacial score (nSPS) is 14.7. The standard InChI is InChI=1S/C23H23F3N4/c1-15-6-2-5-9-20(15)29-22-27-14-19(23(24,25)26)21(30-22)28-18-12-10-17(11-13-18)16-7-3-4-8-16/h2,5-6,9-14,16H,3-4,7-8H2,1H3,(H2,27,28,29,30). The molecule has 2 N–H and O–H groups in total. The van der Waals surface area contributed by atoms with Crippen LogP contribution in [-0.4, -0.2) is 9.97 Å². The number of nitrogens with zero attached hydrogens (tertiary/aromatic N) is 2. The van der Waals surface area contributed by atoms with Crippen LogP contribution in [-0.2, 0) is 6.18 Å². The van der Waals surface area contributed by atoms with Crippen molar-refractivity contribution in [3.63, 3.8) is 0 Å². The zero-order chi connectivity index (χ0) is 21.1. The Kier molecular flexibility index (Phi) is 5.61. The average Bonchev–Trinajstić information content (AvgIpc) is 3.24. The fraction of sp³-hybridized carbons (Fsp3) is 0.304. The summed E-state index contributed by atoms with van der Waals surface area (Å²) in [4.78, 5) is 7.99. The number of alkyl halides is 3. The fourth-order valence-electron chi connectivity index (χ4n) is 3.81. The maximum atomic E-state index is 13.5. The molecule has 3 aromatic rings. The molecular weight excluding hydrogens is 389 g/mol. The summed E-state index contributed by atoms with van der Waals surface area (Å²) in [6.45, 7) is 1.90. The van der Waals surface area contributed by atoms with Gasteiger partial charge in [-0.05, 0) is 55.0 Å². The van der Waals surface area contributed by atoms with E-state index in [-0.39, 0.29) is 11.8 Å². The van der Waals surface area contributed by atoms with Gasteiger partial charge in [-0.2, -0.15) is 18.2 Å². The third-order valence-corrected chi connectivity index (χ3v) is 5.49. The number of rotatable bonds is 5. The second kappa shape index (κ2) is 8.34. The molecule has 7 heteroatoms. The van der Waals surface area contributed by atoms with Gasteiger partial charge in [0.1, 0.15) is 11.4 Å². The Morgan fingerprint density at radius 2 is 1.63 bits per heavy atom. The van der Waals surface area contributed by atoms with Gasteiger partial charge < -0.3 is 10.6 Å². The lowest BCUT2D eigenvalue weighted by Gasteiger charge is -2.16. The summed E-state index contributed by atoms with van der Waals surface area (Å²) >= 11 is 0. The van der Waals surface area contributed by atoms with Crippen molar-refractivity contribution < 1.29 is 13.2 Å². The van der Waals surface area contributed by atoms with E-state index in [1.54, 1.807) is 0 Å². The van der Waals surface area contributed by atoms with Crippen molar-refractivity contribution in [3.8, 4) is 0 Å². The molecule has 0 saturated heterocycles. The monoisotopic (exact) mass is 412 g/mol. The number of benzene rings is 2. The van der Waals surface area contributed by atoms with Crippen molar-refractivity contribution >= 4 is 23.1 Å². The topological polar surface area (TPSA) is 49.8 Å². The lowest BCUT2D eigenvalue weighted by atomic mass is 9.97. The second-order valence-electron chi connectivity index (χ2n) is 7.62. The van der Waals surface area contributed by atoms with Crippen molar-refractivity contribution in [2.75, 3.05) is 10.6 Å². The van der Waals surface area contributed by atoms with Gasteiger partial charge >= 0.3 is 6.18 Å². The van der Waals surface area contributed by atoms with Gasteiger partial charge in [-0.15, -0.1) is 0 Å². The maximum Gasteiger partial charge on any atom is 0.421 e. The molecule has 156 valence electrons. The van der Waals surface area contributed by atoms with Crippen LogP contribution in [0.25, 0.3) is 0 Å². The minimum atomic E-state index is -4.56. The number of halogens is 3. The third-order valence-electron chi connectivity index (χ3n) is 5.49. The van der Waals surface area contributed by atoms with Crippen molar-refractivity contribution in [3.05, 3.63) is 71.4 Å². The molecule has 30 heavy (non-hydrogen) atoms. The van der Waals surface area contributed by atoms with Crippen LogP contribution in [0.15, 0.2) is 54.7 Å². The van der Waals surface area contributed by atoms with E-state index in [1.807, 2.05) is 55.5 Å². The molecule has 1 aliphatic carbocycles. The summed E-state index contributed by atoms with van der Waals surface area (Å²) in [6, 6.07) is 15.0. The molecule has 0 aliphatic heterocycles. The fourth-order valence-corrected chi connectivity index (χ4v) is 3.81. The largest absolute Gasteiger partial charge is 0.421 e. The zero-order valence-corrected chi connectivity index (χ0v) is 16.6. The number of hydrogen-bond donors (Lipinski definition) is 2. The highest BCUT2D eigenvalue weighted by atomic mass is 19.4. The van der Waals surface area contributed by atoms with Crippen LogP contribution < -0.4 is 10.6 Å². The molecule has 1 saturated carbocycles. The van der Waals surface area contributed by atoms with Crippen LogP contribution in [0.2, 0.25) is 0 Å². The molecule has 0 unspecified atom stereocenters. The molecule has 0 amide bonds. The predicted octanol–water partition coefficient (Wildman–Crippen LogP) is 6.95. The first-order valence-corrected chi connectivity index (χ1v) is 10.0. The smallest absolute Gasteiger partial charge is 0.340 e. The van der Waals surface area contributed by atoms with Crippen molar-refractivity contribution in [2.45, 2.75) is 44.7 Å². The van der Waals surface area contributed by atoms with E-state index in [9.17, 15) is 13.2 Å². The van der Waals surface area contributed by atoms with Crippen LogP contribution in [0.5, 0.6) is 0 Å². The molecule has 4 rings (SSSR count). The Bertz CT molecular complexity index is 1010. The predicted molar refractivity (Wildman–Crippen MR) is 112 cm³/mol. The number of hydrogen-bond acceptors (Lipinski definition) is 4. The van der Waals surface area contributed by atoms with E-state index < -0.39 is 11.7 Å². The Hall–Kier alpha value is -3.09. The first kappa shape index (κ1) is 20.2. The molecule has 0 spiro atoms. The van der Waals surface area contributed by atoms with E-state index in [2.05, 4.69) is 20.6 Å². The Morgan fingerprint density at radius 1 is 0.933 bits per heavy atom. The highest BCUT2D eigenvalue weighted by Crippen LogP contribution is 2.37. The van der Waals surface area contributed by atoms with Crippen molar-refractivity contribution in [1.29, 1.82) is 0 Å². The molecular formula is C23H23F3N4. The van der Waals surface area contributed by atoms with Gasteiger partial charge in [0, 0.05) is 17.6 Å². The van der Waals surface area contributed by atoms with E-state index in [1.165, 1.54) is 31.2 Å². The average molecular weight is 412 g/mol. The summed E-state index contributed by atoms with van der Waals surface area (Å²) in [7, 11) is 0. The summed E-state index contributed by atoms with van der Waals surface area (Å²) in [5.74, 6) is 0.373. The minimum absolute atomic E-state index is 0.0994. The molecule has 4 nitrogen and oxygen atoms in total. The molecule has 1 heterocycles. The number of aryl methyl sites for hydroxylation is 1. The van der Waals surface area contributed by atoms with Crippen LogP contribution in [0.3, 0.4) is 0 Å². The SMILES string of the molecule is Cc1ccccc1Nc1ncc(C(F)(F)F)c(Nc2ccc(C3CCCC3)cc2)n1. The first-order valence-electron chi connectivity index (χ1n) is 10.0. The molecule has 0 radical (unpaired) electrons. The second-order valence-corrected chi connectivity index (χ2v) is 7.62. The van der Waals surface area contributed by atoms with Gasteiger partial charge in [-0.3, -0.25) is 0 Å². The van der Waals surface area contributed by atoms with Gasteiger partial charge in [0.2, 0.25) is 5.95 Å². The molecule has 1 aromatic heterocycles. The van der Waals surface area contributed by atoms with Crippen molar-refractivity contribution in [1.82, 2.24) is 9.97 Å². The quantitative estimate of drug-likeness (QED) is 0.476. The lowest BCUT2D eigenvalue weighted by molar-refractivity contribution is -0.137. The van der Waals surface area contributed by atoms with E-state index in [4.69, 9.17) is 0 Å². The zero-order valence-electron chi connectivity index (χ0n) is 16.6. The Labute approximate surface area is 173 Å². The summed E-state index contributed by atoms with van der Waals surface area (Å²) in [5, 5.41) is 5.82. The van der Waals surface area contributed by atoms with Crippen LogP contribution in [0, 0.1) is 6.92 Å². The van der Waals surface area contributed by atoms with Gasteiger partial charge in [-0.1, -0.05) is 43.2 Å². The Balaban J connectivity index is 1.60.